The van der Waals surface area contributed by atoms with Crippen LogP contribution in [0.3, 0.4) is 0 Å². The third-order valence-corrected chi connectivity index (χ3v) is 5.45. The number of hydrogen-bond donors (Lipinski definition) is 2. The Hall–Kier alpha value is -2.18. The van der Waals surface area contributed by atoms with Crippen molar-refractivity contribution in [1.82, 2.24) is 4.72 Å². The van der Waals surface area contributed by atoms with E-state index in [1.165, 1.54) is 12.1 Å². The molecule has 25 heavy (non-hydrogen) atoms. The molecule has 0 fully saturated rings. The van der Waals surface area contributed by atoms with Gasteiger partial charge >= 0.3 is 0 Å². The number of nitrogens with one attached hydrogen (secondary N) is 2. The fourth-order valence-electron chi connectivity index (χ4n) is 2.46. The first-order valence-electron chi connectivity index (χ1n) is 8.26. The maximum absolute atomic E-state index is 12.6. The smallest absolute Gasteiger partial charge is 0.255 e. The van der Waals surface area contributed by atoms with E-state index >= 15 is 0 Å². The van der Waals surface area contributed by atoms with Crippen molar-refractivity contribution in [2.75, 3.05) is 11.9 Å². The minimum atomic E-state index is -3.60. The minimum Gasteiger partial charge on any atom is -0.322 e. The van der Waals surface area contributed by atoms with Crippen molar-refractivity contribution in [3.63, 3.8) is 0 Å². The van der Waals surface area contributed by atoms with E-state index in [9.17, 15) is 13.2 Å². The summed E-state index contributed by atoms with van der Waals surface area (Å²) in [4.78, 5) is 12.7. The molecule has 2 rings (SSSR count). The SMILES string of the molecule is CCNS(=O)(=O)c1ccc(C)c(C(=O)Nc2cccc(C(C)C)c2)c1. The number of anilines is 1. The van der Waals surface area contributed by atoms with Gasteiger partial charge in [0.1, 0.15) is 0 Å². The summed E-state index contributed by atoms with van der Waals surface area (Å²) in [6.07, 6.45) is 0. The van der Waals surface area contributed by atoms with Gasteiger partial charge in [0.05, 0.1) is 4.90 Å². The molecule has 2 N–H and O–H groups in total. The number of rotatable bonds is 6. The van der Waals surface area contributed by atoms with Gasteiger partial charge in [-0.3, -0.25) is 4.79 Å². The predicted molar refractivity (Wildman–Crippen MR) is 101 cm³/mol. The Morgan fingerprint density at radius 2 is 1.84 bits per heavy atom. The molecule has 5 nitrogen and oxygen atoms in total. The second-order valence-electron chi connectivity index (χ2n) is 6.21. The molecule has 0 bridgehead atoms. The van der Waals surface area contributed by atoms with Gasteiger partial charge in [-0.25, -0.2) is 13.1 Å². The van der Waals surface area contributed by atoms with Gasteiger partial charge in [-0.15, -0.1) is 0 Å². The van der Waals surface area contributed by atoms with Gasteiger partial charge < -0.3 is 5.32 Å². The van der Waals surface area contributed by atoms with E-state index < -0.39 is 10.0 Å². The van der Waals surface area contributed by atoms with Crippen LogP contribution in [0.4, 0.5) is 5.69 Å². The largest absolute Gasteiger partial charge is 0.322 e. The Kier molecular flexibility index (Phi) is 5.98. The van der Waals surface area contributed by atoms with Crippen molar-refractivity contribution >= 4 is 21.6 Å². The molecular formula is C19H24N2O3S. The maximum Gasteiger partial charge on any atom is 0.255 e. The summed E-state index contributed by atoms with van der Waals surface area (Å²) < 4.78 is 26.7. The van der Waals surface area contributed by atoms with Gasteiger partial charge in [0, 0.05) is 17.8 Å². The van der Waals surface area contributed by atoms with Crippen LogP contribution in [0.5, 0.6) is 0 Å². The first kappa shape index (κ1) is 19.1. The molecule has 1 amide bonds. The molecule has 6 heteroatoms. The van der Waals surface area contributed by atoms with Crippen molar-refractivity contribution in [2.24, 2.45) is 0 Å². The predicted octanol–water partition coefficient (Wildman–Crippen LogP) is 3.67. The number of aryl methyl sites for hydroxylation is 1. The molecule has 0 saturated carbocycles. The van der Waals surface area contributed by atoms with Crippen LogP contribution in [0, 0.1) is 6.92 Å². The molecule has 0 aliphatic rings. The number of sulfonamides is 1. The zero-order valence-electron chi connectivity index (χ0n) is 15.0. The van der Waals surface area contributed by atoms with E-state index in [1.54, 1.807) is 19.9 Å². The fourth-order valence-corrected chi connectivity index (χ4v) is 3.53. The third kappa shape index (κ3) is 4.67. The van der Waals surface area contributed by atoms with Gasteiger partial charge in [0.25, 0.3) is 5.91 Å². The third-order valence-electron chi connectivity index (χ3n) is 3.91. The van der Waals surface area contributed by atoms with E-state index in [2.05, 4.69) is 23.9 Å². The average molecular weight is 360 g/mol. The van der Waals surface area contributed by atoms with Crippen LogP contribution in [0.1, 0.15) is 48.2 Å². The zero-order valence-corrected chi connectivity index (χ0v) is 15.8. The second-order valence-corrected chi connectivity index (χ2v) is 7.98. The Balaban J connectivity index is 2.32. The summed E-state index contributed by atoms with van der Waals surface area (Å²) in [6, 6.07) is 12.2. The van der Waals surface area contributed by atoms with E-state index in [1.807, 2.05) is 24.3 Å². The lowest BCUT2D eigenvalue weighted by Crippen LogP contribution is -2.24. The minimum absolute atomic E-state index is 0.0843. The Morgan fingerprint density at radius 1 is 1.12 bits per heavy atom. The molecule has 2 aromatic carbocycles. The van der Waals surface area contributed by atoms with Crippen molar-refractivity contribution in [3.8, 4) is 0 Å². The molecule has 2 aromatic rings. The summed E-state index contributed by atoms with van der Waals surface area (Å²) in [7, 11) is -3.60. The van der Waals surface area contributed by atoms with Crippen LogP contribution in [0.25, 0.3) is 0 Å². The Morgan fingerprint density at radius 3 is 2.48 bits per heavy atom. The summed E-state index contributed by atoms with van der Waals surface area (Å²) in [6.45, 7) is 7.95. The lowest BCUT2D eigenvalue weighted by Gasteiger charge is -2.12. The van der Waals surface area contributed by atoms with E-state index in [-0.39, 0.29) is 10.8 Å². The number of benzene rings is 2. The molecule has 0 saturated heterocycles. The van der Waals surface area contributed by atoms with Gasteiger partial charge in [0.15, 0.2) is 0 Å². The standard InChI is InChI=1S/C19H24N2O3S/c1-5-20-25(23,24)17-10-9-14(4)18(12-17)19(22)21-16-8-6-7-15(11-16)13(2)3/h6-13,20H,5H2,1-4H3,(H,21,22). The number of amides is 1. The van der Waals surface area contributed by atoms with Gasteiger partial charge in [-0.1, -0.05) is 39.0 Å². The number of carbonyl (C=O) groups is 1. The topological polar surface area (TPSA) is 75.3 Å². The molecule has 0 heterocycles. The molecule has 0 spiro atoms. The molecule has 0 unspecified atom stereocenters. The molecule has 0 aliphatic carbocycles. The summed E-state index contributed by atoms with van der Waals surface area (Å²) in [5.41, 5.74) is 2.87. The lowest BCUT2D eigenvalue weighted by atomic mass is 10.0. The number of hydrogen-bond acceptors (Lipinski definition) is 3. The highest BCUT2D eigenvalue weighted by molar-refractivity contribution is 7.89. The van der Waals surface area contributed by atoms with E-state index in [0.29, 0.717) is 29.3 Å². The van der Waals surface area contributed by atoms with Crippen LogP contribution in [0.2, 0.25) is 0 Å². The van der Waals surface area contributed by atoms with E-state index in [0.717, 1.165) is 5.56 Å². The summed E-state index contributed by atoms with van der Waals surface area (Å²) in [5.74, 6) is 0.0270. The molecule has 0 radical (unpaired) electrons. The first-order valence-corrected chi connectivity index (χ1v) is 9.74. The van der Waals surface area contributed by atoms with Crippen LogP contribution < -0.4 is 10.0 Å². The number of carbonyl (C=O) groups excluding carboxylic acids is 1. The summed E-state index contributed by atoms with van der Waals surface area (Å²) >= 11 is 0. The van der Waals surface area contributed by atoms with Gasteiger partial charge in [-0.2, -0.15) is 0 Å². The van der Waals surface area contributed by atoms with Crippen LogP contribution in [-0.4, -0.2) is 20.9 Å². The first-order chi connectivity index (χ1) is 11.7. The molecule has 0 aliphatic heterocycles. The highest BCUT2D eigenvalue weighted by atomic mass is 32.2. The molecular weight excluding hydrogens is 336 g/mol. The monoisotopic (exact) mass is 360 g/mol. The fraction of sp³-hybridized carbons (Fsp3) is 0.316. The molecule has 0 aromatic heterocycles. The van der Waals surface area contributed by atoms with E-state index in [4.69, 9.17) is 0 Å². The van der Waals surface area contributed by atoms with Crippen molar-refractivity contribution in [1.29, 1.82) is 0 Å². The van der Waals surface area contributed by atoms with Crippen LogP contribution in [-0.2, 0) is 10.0 Å². The highest BCUT2D eigenvalue weighted by Gasteiger charge is 2.17. The summed E-state index contributed by atoms with van der Waals surface area (Å²) in [5, 5.41) is 2.85. The van der Waals surface area contributed by atoms with Crippen LogP contribution >= 0.6 is 0 Å². The lowest BCUT2D eigenvalue weighted by molar-refractivity contribution is 0.102. The van der Waals surface area contributed by atoms with Crippen molar-refractivity contribution < 1.29 is 13.2 Å². The van der Waals surface area contributed by atoms with Crippen molar-refractivity contribution in [3.05, 3.63) is 59.2 Å². The molecule has 134 valence electrons. The zero-order chi connectivity index (χ0) is 18.6. The normalized spacial score (nSPS) is 11.6. The van der Waals surface area contributed by atoms with Gasteiger partial charge in [-0.05, 0) is 48.2 Å². The second kappa shape index (κ2) is 7.80. The Bertz CT molecular complexity index is 874. The average Bonchev–Trinajstić information content (AvgIpc) is 2.55. The van der Waals surface area contributed by atoms with Gasteiger partial charge in [0.2, 0.25) is 10.0 Å². The molecule has 0 atom stereocenters. The quantitative estimate of drug-likeness (QED) is 0.825. The van der Waals surface area contributed by atoms with Crippen LogP contribution in [0.15, 0.2) is 47.4 Å². The maximum atomic E-state index is 12.6. The Labute approximate surface area is 149 Å². The highest BCUT2D eigenvalue weighted by Crippen LogP contribution is 2.21. The van der Waals surface area contributed by atoms with Crippen molar-refractivity contribution in [2.45, 2.75) is 38.5 Å².